The van der Waals surface area contributed by atoms with Gasteiger partial charge in [-0.25, -0.2) is 0 Å². The molecule has 1 atom stereocenters. The molecule has 1 aromatic heterocycles. The lowest BCUT2D eigenvalue weighted by atomic mass is 10.1. The third-order valence-corrected chi connectivity index (χ3v) is 5.39. The Morgan fingerprint density at radius 2 is 2.17 bits per heavy atom. The molecule has 0 bridgehead atoms. The summed E-state index contributed by atoms with van der Waals surface area (Å²) in [4.78, 5) is 28.7. The summed E-state index contributed by atoms with van der Waals surface area (Å²) in [6.45, 7) is 3.93. The average Bonchev–Trinajstić information content (AvgIpc) is 3.21. The summed E-state index contributed by atoms with van der Waals surface area (Å²) in [5, 5.41) is 4.86. The molecule has 1 aliphatic rings. The second-order valence-electron chi connectivity index (χ2n) is 6.22. The Hall–Kier alpha value is -2.02. The van der Waals surface area contributed by atoms with E-state index < -0.39 is 6.04 Å². The molecule has 2 aromatic rings. The summed E-state index contributed by atoms with van der Waals surface area (Å²) in [5.74, 6) is 1.08. The van der Waals surface area contributed by atoms with E-state index in [0.717, 1.165) is 5.39 Å². The number of carbonyl (C=O) groups excluding carboxylic acids is 2. The number of fused-ring (bicyclic) bond motifs is 1. The molecule has 24 heavy (non-hydrogen) atoms. The molecule has 6 nitrogen and oxygen atoms in total. The first kappa shape index (κ1) is 16.8. The maximum atomic E-state index is 12.7. The molecule has 1 fully saturated rings. The van der Waals surface area contributed by atoms with Gasteiger partial charge in [-0.15, -0.1) is 11.8 Å². The number of carbonyl (C=O) groups is 2. The van der Waals surface area contributed by atoms with E-state index in [1.807, 2.05) is 38.1 Å². The zero-order chi connectivity index (χ0) is 17.3. The number of hydrogen-bond acceptors (Lipinski definition) is 5. The smallest absolute Gasteiger partial charge is 0.246 e. The van der Waals surface area contributed by atoms with E-state index in [2.05, 4.69) is 5.16 Å². The molecule has 0 radical (unpaired) electrons. The summed E-state index contributed by atoms with van der Waals surface area (Å²) >= 11 is 1.61. The van der Waals surface area contributed by atoms with Gasteiger partial charge in [-0.1, -0.05) is 17.3 Å². The van der Waals surface area contributed by atoms with Crippen LogP contribution >= 0.6 is 11.8 Å². The third-order valence-electron chi connectivity index (χ3n) is 4.38. The molecule has 7 heteroatoms. The van der Waals surface area contributed by atoms with Crippen molar-refractivity contribution in [3.63, 3.8) is 0 Å². The van der Waals surface area contributed by atoms with Gasteiger partial charge in [-0.2, -0.15) is 0 Å². The molecule has 0 N–H and O–H groups in total. The van der Waals surface area contributed by atoms with Crippen LogP contribution in [0.2, 0.25) is 0 Å². The van der Waals surface area contributed by atoms with Gasteiger partial charge in [0, 0.05) is 24.2 Å². The van der Waals surface area contributed by atoms with Crippen LogP contribution in [0.5, 0.6) is 0 Å². The molecular formula is C17H21N3O3S. The molecule has 1 aliphatic heterocycles. The standard InChI is InChI=1S/C17H21N3O3S/c1-11(2)19(3)17(22)14-9-24-10-20(14)16(21)8-13-12-6-4-5-7-15(12)23-18-13/h4-7,11,14H,8-10H2,1-3H3. The van der Waals surface area contributed by atoms with E-state index in [-0.39, 0.29) is 24.3 Å². The van der Waals surface area contributed by atoms with E-state index in [9.17, 15) is 9.59 Å². The molecule has 3 rings (SSSR count). The fourth-order valence-corrected chi connectivity index (χ4v) is 3.86. The first-order valence-electron chi connectivity index (χ1n) is 7.96. The molecule has 1 saturated heterocycles. The van der Waals surface area contributed by atoms with Crippen LogP contribution in [-0.2, 0) is 16.0 Å². The van der Waals surface area contributed by atoms with E-state index in [1.54, 1.807) is 28.6 Å². The third kappa shape index (κ3) is 3.13. The maximum Gasteiger partial charge on any atom is 0.246 e. The number of hydrogen-bond donors (Lipinski definition) is 0. The summed E-state index contributed by atoms with van der Waals surface area (Å²) in [6, 6.07) is 7.19. The van der Waals surface area contributed by atoms with Gasteiger partial charge in [-0.3, -0.25) is 9.59 Å². The second-order valence-corrected chi connectivity index (χ2v) is 7.22. The lowest BCUT2D eigenvalue weighted by Gasteiger charge is -2.29. The first-order valence-corrected chi connectivity index (χ1v) is 9.11. The molecule has 128 valence electrons. The van der Waals surface area contributed by atoms with Gasteiger partial charge in [0.1, 0.15) is 11.7 Å². The minimum atomic E-state index is -0.395. The van der Waals surface area contributed by atoms with Crippen LogP contribution in [0.25, 0.3) is 11.0 Å². The zero-order valence-corrected chi connectivity index (χ0v) is 14.9. The fourth-order valence-electron chi connectivity index (χ4n) is 2.69. The van der Waals surface area contributed by atoms with Gasteiger partial charge in [0.2, 0.25) is 11.8 Å². The number of nitrogens with zero attached hydrogens (tertiary/aromatic N) is 3. The van der Waals surface area contributed by atoms with Crippen molar-refractivity contribution < 1.29 is 14.1 Å². The monoisotopic (exact) mass is 347 g/mol. The van der Waals surface area contributed by atoms with E-state index in [4.69, 9.17) is 4.52 Å². The van der Waals surface area contributed by atoms with Gasteiger partial charge in [0.15, 0.2) is 5.58 Å². The molecular weight excluding hydrogens is 326 g/mol. The van der Waals surface area contributed by atoms with E-state index >= 15 is 0 Å². The van der Waals surface area contributed by atoms with Crippen LogP contribution in [0.15, 0.2) is 28.8 Å². The summed E-state index contributed by atoms with van der Waals surface area (Å²) in [7, 11) is 1.78. The normalized spacial score (nSPS) is 17.7. The van der Waals surface area contributed by atoms with Crippen molar-refractivity contribution >= 4 is 34.5 Å². The highest BCUT2D eigenvalue weighted by Crippen LogP contribution is 2.25. The number of rotatable bonds is 4. The lowest BCUT2D eigenvalue weighted by molar-refractivity contribution is -0.143. The fraction of sp³-hybridized carbons (Fsp3) is 0.471. The number of benzene rings is 1. The Balaban J connectivity index is 1.75. The van der Waals surface area contributed by atoms with E-state index in [0.29, 0.717) is 22.9 Å². The minimum Gasteiger partial charge on any atom is -0.356 e. The highest BCUT2D eigenvalue weighted by atomic mass is 32.2. The number of likely N-dealkylation sites (N-methyl/N-ethyl adjacent to an activating group) is 1. The Kier molecular flexibility index (Phi) is 4.80. The van der Waals surface area contributed by atoms with Gasteiger partial charge in [0.25, 0.3) is 0 Å². The Morgan fingerprint density at radius 1 is 1.42 bits per heavy atom. The van der Waals surface area contributed by atoms with Crippen molar-refractivity contribution in [3.8, 4) is 0 Å². The van der Waals surface area contributed by atoms with Crippen LogP contribution in [-0.4, -0.2) is 57.5 Å². The number of amides is 2. The van der Waals surface area contributed by atoms with Crippen molar-refractivity contribution in [2.75, 3.05) is 18.7 Å². The Morgan fingerprint density at radius 3 is 2.92 bits per heavy atom. The number of thioether (sulfide) groups is 1. The number of para-hydroxylation sites is 1. The quantitative estimate of drug-likeness (QED) is 0.848. The van der Waals surface area contributed by atoms with Crippen molar-refractivity contribution in [1.29, 1.82) is 0 Å². The molecule has 0 spiro atoms. The second kappa shape index (κ2) is 6.84. The Bertz CT molecular complexity index is 758. The summed E-state index contributed by atoms with van der Waals surface area (Å²) in [5.41, 5.74) is 1.29. The maximum absolute atomic E-state index is 12.7. The average molecular weight is 347 g/mol. The predicted molar refractivity (Wildman–Crippen MR) is 93.6 cm³/mol. The molecule has 0 saturated carbocycles. The highest BCUT2D eigenvalue weighted by Gasteiger charge is 2.37. The largest absolute Gasteiger partial charge is 0.356 e. The molecule has 0 aliphatic carbocycles. The first-order chi connectivity index (χ1) is 11.5. The van der Waals surface area contributed by atoms with Crippen molar-refractivity contribution in [2.24, 2.45) is 0 Å². The summed E-state index contributed by atoms with van der Waals surface area (Å²) < 4.78 is 5.26. The minimum absolute atomic E-state index is 0.00615. The van der Waals surface area contributed by atoms with Crippen LogP contribution in [0, 0.1) is 0 Å². The topological polar surface area (TPSA) is 66.7 Å². The van der Waals surface area contributed by atoms with Crippen LogP contribution in [0.3, 0.4) is 0 Å². The number of aromatic nitrogens is 1. The van der Waals surface area contributed by atoms with Crippen molar-refractivity contribution in [2.45, 2.75) is 32.4 Å². The van der Waals surface area contributed by atoms with Crippen molar-refractivity contribution in [1.82, 2.24) is 15.0 Å². The molecule has 1 unspecified atom stereocenters. The van der Waals surface area contributed by atoms with Crippen LogP contribution < -0.4 is 0 Å². The zero-order valence-electron chi connectivity index (χ0n) is 14.1. The Labute approximate surface area is 145 Å². The van der Waals surface area contributed by atoms with Gasteiger partial charge < -0.3 is 14.3 Å². The lowest BCUT2D eigenvalue weighted by Crippen LogP contribution is -2.49. The molecule has 2 heterocycles. The van der Waals surface area contributed by atoms with Gasteiger partial charge in [0.05, 0.1) is 12.3 Å². The molecule has 2 amide bonds. The van der Waals surface area contributed by atoms with E-state index in [1.165, 1.54) is 0 Å². The predicted octanol–water partition coefficient (Wildman–Crippen LogP) is 2.14. The summed E-state index contributed by atoms with van der Waals surface area (Å²) in [6.07, 6.45) is 0.146. The van der Waals surface area contributed by atoms with Gasteiger partial charge >= 0.3 is 0 Å². The van der Waals surface area contributed by atoms with Gasteiger partial charge in [-0.05, 0) is 26.0 Å². The van der Waals surface area contributed by atoms with Crippen LogP contribution in [0.1, 0.15) is 19.5 Å². The van der Waals surface area contributed by atoms with Crippen molar-refractivity contribution in [3.05, 3.63) is 30.0 Å². The molecule has 1 aromatic carbocycles. The van der Waals surface area contributed by atoms with Crippen LogP contribution in [0.4, 0.5) is 0 Å². The SMILES string of the molecule is CC(C)N(C)C(=O)C1CSCN1C(=O)Cc1noc2ccccc12. The highest BCUT2D eigenvalue weighted by molar-refractivity contribution is 7.99.